The zero-order chi connectivity index (χ0) is 25.6. The van der Waals surface area contributed by atoms with Crippen LogP contribution in [0, 0.1) is 0 Å². The second kappa shape index (κ2) is 11.4. The molecule has 2 amide bonds. The number of hydrogen-bond donors (Lipinski definition) is 1. The minimum absolute atomic E-state index is 0.0400. The highest BCUT2D eigenvalue weighted by Crippen LogP contribution is 2.28. The van der Waals surface area contributed by atoms with E-state index >= 15 is 0 Å². The minimum atomic E-state index is -3.79. The van der Waals surface area contributed by atoms with E-state index < -0.39 is 28.5 Å². The van der Waals surface area contributed by atoms with E-state index in [1.807, 2.05) is 74.5 Å². The van der Waals surface area contributed by atoms with E-state index in [4.69, 9.17) is 0 Å². The van der Waals surface area contributed by atoms with Crippen molar-refractivity contribution >= 4 is 38.3 Å². The fourth-order valence-corrected chi connectivity index (χ4v) is 4.71. The van der Waals surface area contributed by atoms with Gasteiger partial charge in [-0.15, -0.1) is 0 Å². The predicted molar refractivity (Wildman–Crippen MR) is 140 cm³/mol. The average molecular weight is 496 g/mol. The first-order valence-electron chi connectivity index (χ1n) is 11.7. The summed E-state index contributed by atoms with van der Waals surface area (Å²) in [5, 5.41) is 4.52. The summed E-state index contributed by atoms with van der Waals surface area (Å²) in [6.07, 6.45) is 1.84. The Balaban J connectivity index is 1.97. The first-order chi connectivity index (χ1) is 16.6. The van der Waals surface area contributed by atoms with Gasteiger partial charge in [0.1, 0.15) is 12.6 Å². The maximum atomic E-state index is 13.7. The minimum Gasteiger partial charge on any atom is -0.352 e. The van der Waals surface area contributed by atoms with Crippen molar-refractivity contribution in [3.63, 3.8) is 0 Å². The van der Waals surface area contributed by atoms with E-state index in [1.54, 1.807) is 19.1 Å². The third kappa shape index (κ3) is 6.60. The number of nitrogens with zero attached hydrogens (tertiary/aromatic N) is 2. The highest BCUT2D eigenvalue weighted by atomic mass is 32.2. The largest absolute Gasteiger partial charge is 0.352 e. The van der Waals surface area contributed by atoms with Gasteiger partial charge in [-0.2, -0.15) is 0 Å². The summed E-state index contributed by atoms with van der Waals surface area (Å²) < 4.78 is 26.8. The summed E-state index contributed by atoms with van der Waals surface area (Å²) in [4.78, 5) is 28.0. The van der Waals surface area contributed by atoms with E-state index in [-0.39, 0.29) is 18.5 Å². The molecular weight excluding hydrogens is 462 g/mol. The van der Waals surface area contributed by atoms with Crippen LogP contribution in [0.4, 0.5) is 5.69 Å². The van der Waals surface area contributed by atoms with E-state index in [0.717, 1.165) is 33.3 Å². The van der Waals surface area contributed by atoms with Gasteiger partial charge in [0.15, 0.2) is 0 Å². The Bertz CT molecular complexity index is 1270. The van der Waals surface area contributed by atoms with Crippen molar-refractivity contribution in [2.75, 3.05) is 17.1 Å². The van der Waals surface area contributed by atoms with Crippen LogP contribution >= 0.6 is 0 Å². The van der Waals surface area contributed by atoms with Gasteiger partial charge in [0.25, 0.3) is 0 Å². The number of benzene rings is 3. The lowest BCUT2D eigenvalue weighted by molar-refractivity contribution is -0.139. The van der Waals surface area contributed by atoms with Crippen molar-refractivity contribution in [3.05, 3.63) is 78.4 Å². The molecule has 0 saturated heterocycles. The number of amides is 2. The monoisotopic (exact) mass is 495 g/mol. The second-order valence-electron chi connectivity index (χ2n) is 8.77. The molecule has 0 saturated carbocycles. The molecular formula is C27H33N3O4S. The normalized spacial score (nSPS) is 13.1. The van der Waals surface area contributed by atoms with Crippen LogP contribution in [-0.2, 0) is 26.2 Å². The van der Waals surface area contributed by atoms with E-state index in [9.17, 15) is 18.0 Å². The van der Waals surface area contributed by atoms with Gasteiger partial charge in [-0.25, -0.2) is 8.42 Å². The molecule has 0 aromatic heterocycles. The van der Waals surface area contributed by atoms with Crippen LogP contribution in [0.5, 0.6) is 0 Å². The summed E-state index contributed by atoms with van der Waals surface area (Å²) >= 11 is 0. The number of hydrogen-bond acceptors (Lipinski definition) is 4. The fraction of sp³-hybridized carbons (Fsp3) is 0.333. The molecule has 0 radical (unpaired) electrons. The van der Waals surface area contributed by atoms with Gasteiger partial charge in [0.05, 0.1) is 11.9 Å². The van der Waals surface area contributed by atoms with E-state index in [0.29, 0.717) is 5.69 Å². The van der Waals surface area contributed by atoms with E-state index in [2.05, 4.69) is 5.32 Å². The summed E-state index contributed by atoms with van der Waals surface area (Å²) in [7, 11) is -3.79. The predicted octanol–water partition coefficient (Wildman–Crippen LogP) is 3.94. The molecule has 0 fully saturated rings. The fourth-order valence-electron chi connectivity index (χ4n) is 3.85. The van der Waals surface area contributed by atoms with Gasteiger partial charge in [-0.05, 0) is 37.3 Å². The summed E-state index contributed by atoms with van der Waals surface area (Å²) in [5.74, 6) is -0.737. The lowest BCUT2D eigenvalue weighted by Gasteiger charge is -2.32. The first-order valence-corrected chi connectivity index (χ1v) is 13.6. The second-order valence-corrected chi connectivity index (χ2v) is 10.7. The molecule has 186 valence electrons. The first kappa shape index (κ1) is 26.2. The summed E-state index contributed by atoms with van der Waals surface area (Å²) in [5.41, 5.74) is 1.27. The number of anilines is 1. The summed E-state index contributed by atoms with van der Waals surface area (Å²) in [6.45, 7) is 5.31. The molecule has 0 unspecified atom stereocenters. The Morgan fingerprint density at radius 1 is 0.914 bits per heavy atom. The Morgan fingerprint density at radius 2 is 1.54 bits per heavy atom. The number of carbonyl (C=O) groups excluding carboxylic acids is 2. The molecule has 0 bridgehead atoms. The Labute approximate surface area is 207 Å². The van der Waals surface area contributed by atoms with Crippen LogP contribution in [0.1, 0.15) is 32.8 Å². The van der Waals surface area contributed by atoms with Crippen molar-refractivity contribution < 1.29 is 18.0 Å². The van der Waals surface area contributed by atoms with Crippen LogP contribution in [0.15, 0.2) is 72.8 Å². The molecule has 0 aliphatic rings. The lowest BCUT2D eigenvalue weighted by atomic mass is 10.1. The molecule has 3 rings (SSSR count). The molecule has 3 aromatic carbocycles. The SMILES string of the molecule is CC[C@@H](C)NC(=O)[C@@H](C)N(Cc1ccccc1)C(=O)CN(c1cccc2ccccc12)S(C)(=O)=O. The van der Waals surface area contributed by atoms with Crippen molar-refractivity contribution in [1.82, 2.24) is 10.2 Å². The standard InChI is InChI=1S/C27H33N3O4S/c1-5-20(2)28-27(32)21(3)29(18-22-12-7-6-8-13-22)26(31)19-30(35(4,33)34)25-17-11-15-23-14-9-10-16-24(23)25/h6-17,20-21H,5,18-19H2,1-4H3,(H,28,32)/t20-,21-/m1/s1. The number of nitrogens with one attached hydrogen (secondary N) is 1. The molecule has 0 spiro atoms. The highest BCUT2D eigenvalue weighted by Gasteiger charge is 2.30. The van der Waals surface area contributed by atoms with Gasteiger partial charge in [0.2, 0.25) is 21.8 Å². The van der Waals surface area contributed by atoms with Crippen LogP contribution in [0.2, 0.25) is 0 Å². The van der Waals surface area contributed by atoms with Gasteiger partial charge < -0.3 is 10.2 Å². The van der Waals surface area contributed by atoms with Crippen LogP contribution in [0.3, 0.4) is 0 Å². The number of carbonyl (C=O) groups is 2. The Hall–Kier alpha value is -3.39. The smallest absolute Gasteiger partial charge is 0.244 e. The molecule has 7 nitrogen and oxygen atoms in total. The molecule has 2 atom stereocenters. The number of sulfonamides is 1. The Kier molecular flexibility index (Phi) is 8.51. The zero-order valence-electron chi connectivity index (χ0n) is 20.6. The molecule has 1 N–H and O–H groups in total. The van der Waals surface area contributed by atoms with Crippen LogP contribution in [-0.4, -0.2) is 50.0 Å². The van der Waals surface area contributed by atoms with Crippen LogP contribution in [0.25, 0.3) is 10.8 Å². The topological polar surface area (TPSA) is 86.8 Å². The van der Waals surface area contributed by atoms with Crippen molar-refractivity contribution in [2.24, 2.45) is 0 Å². The molecule has 0 aliphatic heterocycles. The molecule has 8 heteroatoms. The zero-order valence-corrected chi connectivity index (χ0v) is 21.5. The van der Waals surface area contributed by atoms with Crippen LogP contribution < -0.4 is 9.62 Å². The Morgan fingerprint density at radius 3 is 2.20 bits per heavy atom. The molecule has 35 heavy (non-hydrogen) atoms. The summed E-state index contributed by atoms with van der Waals surface area (Å²) in [6, 6.07) is 21.3. The molecule has 3 aromatic rings. The maximum absolute atomic E-state index is 13.7. The maximum Gasteiger partial charge on any atom is 0.244 e. The molecule has 0 heterocycles. The third-order valence-electron chi connectivity index (χ3n) is 6.08. The van der Waals surface area contributed by atoms with Gasteiger partial charge in [0, 0.05) is 18.0 Å². The number of fused-ring (bicyclic) bond motifs is 1. The van der Waals surface area contributed by atoms with Crippen molar-refractivity contribution in [2.45, 2.75) is 45.8 Å². The number of rotatable bonds is 10. The van der Waals surface area contributed by atoms with Crippen molar-refractivity contribution in [3.8, 4) is 0 Å². The lowest BCUT2D eigenvalue weighted by Crippen LogP contribution is -2.52. The third-order valence-corrected chi connectivity index (χ3v) is 7.21. The highest BCUT2D eigenvalue weighted by molar-refractivity contribution is 7.92. The molecule has 0 aliphatic carbocycles. The van der Waals surface area contributed by atoms with Gasteiger partial charge >= 0.3 is 0 Å². The average Bonchev–Trinajstić information content (AvgIpc) is 2.84. The van der Waals surface area contributed by atoms with Gasteiger partial charge in [-0.3, -0.25) is 13.9 Å². The van der Waals surface area contributed by atoms with Gasteiger partial charge in [-0.1, -0.05) is 73.7 Å². The van der Waals surface area contributed by atoms with Crippen molar-refractivity contribution in [1.29, 1.82) is 0 Å². The quantitative estimate of drug-likeness (QED) is 0.462. The van der Waals surface area contributed by atoms with E-state index in [1.165, 1.54) is 4.90 Å².